The maximum absolute atomic E-state index is 12.6. The van der Waals surface area contributed by atoms with Crippen LogP contribution >= 0.6 is 0 Å². The van der Waals surface area contributed by atoms with E-state index in [1.807, 2.05) is 24.3 Å². The maximum atomic E-state index is 12.6. The van der Waals surface area contributed by atoms with Crippen molar-refractivity contribution in [2.45, 2.75) is 51.5 Å². The van der Waals surface area contributed by atoms with E-state index in [1.54, 1.807) is 0 Å². The van der Waals surface area contributed by atoms with E-state index in [0.29, 0.717) is 12.6 Å². The Bertz CT molecular complexity index is 421. The number of carbonyl (C=O) groups excluding carboxylic acids is 1. The molecule has 1 aliphatic rings. The van der Waals surface area contributed by atoms with Crippen LogP contribution in [0.25, 0.3) is 0 Å². The summed E-state index contributed by atoms with van der Waals surface area (Å²) in [5.74, 6) is 0.179. The Morgan fingerprint density at radius 3 is 2.40 bits per heavy atom. The van der Waals surface area contributed by atoms with Crippen LogP contribution in [0.4, 0.5) is 0 Å². The van der Waals surface area contributed by atoms with Crippen LogP contribution in [0, 0.1) is 0 Å². The van der Waals surface area contributed by atoms with Crippen molar-refractivity contribution in [2.24, 2.45) is 5.73 Å². The highest BCUT2D eigenvalue weighted by molar-refractivity contribution is 5.94. The summed E-state index contributed by atoms with van der Waals surface area (Å²) in [5, 5.41) is 0. The molecule has 0 unspecified atom stereocenters. The van der Waals surface area contributed by atoms with Gasteiger partial charge in [0.15, 0.2) is 0 Å². The molecule has 20 heavy (non-hydrogen) atoms. The fraction of sp³-hybridized carbons (Fsp3) is 0.588. The third kappa shape index (κ3) is 3.60. The highest BCUT2D eigenvalue weighted by Crippen LogP contribution is 2.24. The molecule has 1 aliphatic carbocycles. The lowest BCUT2D eigenvalue weighted by atomic mass is 9.93. The van der Waals surface area contributed by atoms with Gasteiger partial charge >= 0.3 is 0 Å². The van der Waals surface area contributed by atoms with Crippen molar-refractivity contribution in [3.05, 3.63) is 35.4 Å². The Labute approximate surface area is 122 Å². The van der Waals surface area contributed by atoms with Crippen LogP contribution < -0.4 is 5.73 Å². The number of nitrogens with zero attached hydrogens (tertiary/aromatic N) is 1. The average Bonchev–Trinajstić information content (AvgIpc) is 2.50. The third-order valence-electron chi connectivity index (χ3n) is 4.25. The molecule has 1 saturated carbocycles. The lowest BCUT2D eigenvalue weighted by Crippen LogP contribution is -2.41. The van der Waals surface area contributed by atoms with Crippen LogP contribution in [0.5, 0.6) is 0 Å². The van der Waals surface area contributed by atoms with Gasteiger partial charge in [-0.2, -0.15) is 0 Å². The van der Waals surface area contributed by atoms with Gasteiger partial charge < -0.3 is 10.6 Å². The maximum Gasteiger partial charge on any atom is 0.254 e. The molecule has 0 heterocycles. The summed E-state index contributed by atoms with van der Waals surface area (Å²) in [7, 11) is 0. The molecule has 0 radical (unpaired) electrons. The monoisotopic (exact) mass is 274 g/mol. The van der Waals surface area contributed by atoms with Crippen molar-refractivity contribution in [3.8, 4) is 0 Å². The van der Waals surface area contributed by atoms with Crippen LogP contribution in [0.15, 0.2) is 24.3 Å². The lowest BCUT2D eigenvalue weighted by Gasteiger charge is -2.33. The van der Waals surface area contributed by atoms with Gasteiger partial charge in [-0.15, -0.1) is 0 Å². The summed E-state index contributed by atoms with van der Waals surface area (Å²) in [5.41, 5.74) is 7.55. The first-order valence-corrected chi connectivity index (χ1v) is 7.86. The second kappa shape index (κ2) is 7.44. The van der Waals surface area contributed by atoms with E-state index < -0.39 is 0 Å². The summed E-state index contributed by atoms with van der Waals surface area (Å²) >= 11 is 0. The fourth-order valence-electron chi connectivity index (χ4n) is 3.11. The highest BCUT2D eigenvalue weighted by atomic mass is 16.2. The Kier molecular flexibility index (Phi) is 5.60. The first-order chi connectivity index (χ1) is 9.76. The van der Waals surface area contributed by atoms with Crippen molar-refractivity contribution in [1.29, 1.82) is 0 Å². The minimum atomic E-state index is 0.179. The standard InChI is InChI=1S/C17H26N2O/c1-2-19(16-6-4-3-5-7-16)17(20)15-10-8-14(9-11-15)12-13-18/h8-11,16H,2-7,12-13,18H2,1H3. The lowest BCUT2D eigenvalue weighted by molar-refractivity contribution is 0.0648. The number of carbonyl (C=O) groups is 1. The fourth-order valence-corrected chi connectivity index (χ4v) is 3.11. The molecule has 1 fully saturated rings. The molecule has 0 atom stereocenters. The minimum Gasteiger partial charge on any atom is -0.336 e. The van der Waals surface area contributed by atoms with E-state index in [-0.39, 0.29) is 5.91 Å². The van der Waals surface area contributed by atoms with Crippen LogP contribution in [0.2, 0.25) is 0 Å². The zero-order valence-corrected chi connectivity index (χ0v) is 12.5. The van der Waals surface area contributed by atoms with E-state index in [9.17, 15) is 4.79 Å². The molecule has 1 aromatic rings. The van der Waals surface area contributed by atoms with Crippen molar-refractivity contribution in [3.63, 3.8) is 0 Å². The van der Waals surface area contributed by atoms with E-state index in [2.05, 4.69) is 11.8 Å². The zero-order valence-electron chi connectivity index (χ0n) is 12.5. The zero-order chi connectivity index (χ0) is 14.4. The second-order valence-electron chi connectivity index (χ2n) is 5.62. The molecule has 0 saturated heterocycles. The van der Waals surface area contributed by atoms with Gasteiger partial charge in [-0.3, -0.25) is 4.79 Å². The molecule has 2 rings (SSSR count). The molecule has 110 valence electrons. The topological polar surface area (TPSA) is 46.3 Å². The first kappa shape index (κ1) is 15.0. The summed E-state index contributed by atoms with van der Waals surface area (Å²) in [6, 6.07) is 8.37. The first-order valence-electron chi connectivity index (χ1n) is 7.86. The number of hydrogen-bond donors (Lipinski definition) is 1. The third-order valence-corrected chi connectivity index (χ3v) is 4.25. The minimum absolute atomic E-state index is 0.179. The summed E-state index contributed by atoms with van der Waals surface area (Å²) in [6.45, 7) is 3.53. The number of benzene rings is 1. The van der Waals surface area contributed by atoms with Crippen LogP contribution in [-0.4, -0.2) is 29.9 Å². The van der Waals surface area contributed by atoms with Crippen molar-refractivity contribution < 1.29 is 4.79 Å². The summed E-state index contributed by atoms with van der Waals surface area (Å²) in [4.78, 5) is 14.7. The number of nitrogens with two attached hydrogens (primary N) is 1. The van der Waals surface area contributed by atoms with Crippen molar-refractivity contribution in [2.75, 3.05) is 13.1 Å². The second-order valence-corrected chi connectivity index (χ2v) is 5.62. The van der Waals surface area contributed by atoms with Crippen LogP contribution in [0.1, 0.15) is 54.9 Å². The Hall–Kier alpha value is -1.35. The van der Waals surface area contributed by atoms with Crippen molar-refractivity contribution >= 4 is 5.91 Å². The summed E-state index contributed by atoms with van der Waals surface area (Å²) in [6.07, 6.45) is 7.01. The Morgan fingerprint density at radius 1 is 1.20 bits per heavy atom. The molecule has 1 amide bonds. The normalized spacial score (nSPS) is 16.1. The van der Waals surface area contributed by atoms with Gasteiger partial charge in [0, 0.05) is 18.2 Å². The number of hydrogen-bond acceptors (Lipinski definition) is 2. The smallest absolute Gasteiger partial charge is 0.254 e. The SMILES string of the molecule is CCN(C(=O)c1ccc(CCN)cc1)C1CCCCC1. The van der Waals surface area contributed by atoms with Crippen LogP contribution in [0.3, 0.4) is 0 Å². The van der Waals surface area contributed by atoms with Gasteiger partial charge in [0.1, 0.15) is 0 Å². The number of amides is 1. The van der Waals surface area contributed by atoms with E-state index in [0.717, 1.165) is 31.4 Å². The molecular weight excluding hydrogens is 248 g/mol. The van der Waals surface area contributed by atoms with Gasteiger partial charge in [0.25, 0.3) is 5.91 Å². The largest absolute Gasteiger partial charge is 0.336 e. The van der Waals surface area contributed by atoms with Gasteiger partial charge in [0.2, 0.25) is 0 Å². The molecule has 0 aliphatic heterocycles. The molecule has 0 bridgehead atoms. The molecular formula is C17H26N2O. The Balaban J connectivity index is 2.07. The predicted octanol–water partition coefficient (Wildman–Crippen LogP) is 2.98. The van der Waals surface area contributed by atoms with Crippen molar-refractivity contribution in [1.82, 2.24) is 4.90 Å². The molecule has 1 aromatic carbocycles. The molecule has 2 N–H and O–H groups in total. The molecule has 3 nitrogen and oxygen atoms in total. The molecule has 0 aromatic heterocycles. The average molecular weight is 274 g/mol. The van der Waals surface area contributed by atoms with Gasteiger partial charge in [0.05, 0.1) is 0 Å². The predicted molar refractivity (Wildman–Crippen MR) is 82.8 cm³/mol. The van der Waals surface area contributed by atoms with Gasteiger partial charge in [-0.25, -0.2) is 0 Å². The van der Waals surface area contributed by atoms with Crippen LogP contribution in [-0.2, 0) is 6.42 Å². The van der Waals surface area contributed by atoms with E-state index in [4.69, 9.17) is 5.73 Å². The highest BCUT2D eigenvalue weighted by Gasteiger charge is 2.24. The Morgan fingerprint density at radius 2 is 1.85 bits per heavy atom. The molecule has 0 spiro atoms. The van der Waals surface area contributed by atoms with Gasteiger partial charge in [-0.1, -0.05) is 31.4 Å². The quantitative estimate of drug-likeness (QED) is 0.897. The van der Waals surface area contributed by atoms with Gasteiger partial charge in [-0.05, 0) is 50.4 Å². The van der Waals surface area contributed by atoms with E-state index in [1.165, 1.54) is 24.8 Å². The number of rotatable bonds is 5. The summed E-state index contributed by atoms with van der Waals surface area (Å²) < 4.78 is 0. The molecule has 3 heteroatoms. The van der Waals surface area contributed by atoms with E-state index >= 15 is 0 Å².